The van der Waals surface area contributed by atoms with Crippen molar-refractivity contribution in [3.05, 3.63) is 28.1 Å². The Labute approximate surface area is 120 Å². The van der Waals surface area contributed by atoms with E-state index in [0.29, 0.717) is 5.92 Å². The highest BCUT2D eigenvalue weighted by molar-refractivity contribution is 9.10. The van der Waals surface area contributed by atoms with Crippen LogP contribution >= 0.6 is 15.9 Å². The standard InChI is InChI=1S/C15H16BrNO2/c1-9-14-12(6-7-13(16)17-14)19-15(9)11-4-2-10(8-18)3-5-11/h6-8,10-11H,2-5H2,1H3. The van der Waals surface area contributed by atoms with Gasteiger partial charge in [-0.3, -0.25) is 0 Å². The second-order valence-corrected chi connectivity index (χ2v) is 6.13. The van der Waals surface area contributed by atoms with Gasteiger partial charge in [-0.2, -0.15) is 0 Å². The number of furan rings is 1. The molecular formula is C15H16BrNO2. The molecular weight excluding hydrogens is 306 g/mol. The van der Waals surface area contributed by atoms with Crippen LogP contribution in [0.25, 0.3) is 11.1 Å². The number of aryl methyl sites for hydroxylation is 1. The van der Waals surface area contributed by atoms with E-state index in [4.69, 9.17) is 4.42 Å². The second kappa shape index (κ2) is 5.08. The van der Waals surface area contributed by atoms with Crippen molar-refractivity contribution in [3.63, 3.8) is 0 Å². The summed E-state index contributed by atoms with van der Waals surface area (Å²) in [5.41, 5.74) is 2.95. The Bertz CT molecular complexity index is 612. The van der Waals surface area contributed by atoms with Gasteiger partial charge in [0.15, 0.2) is 5.58 Å². The molecule has 0 radical (unpaired) electrons. The van der Waals surface area contributed by atoms with E-state index in [1.165, 1.54) is 0 Å². The fraction of sp³-hybridized carbons (Fsp3) is 0.467. The minimum atomic E-state index is 0.244. The normalized spacial score (nSPS) is 23.7. The molecule has 0 spiro atoms. The topological polar surface area (TPSA) is 43.1 Å². The number of hydrogen-bond acceptors (Lipinski definition) is 3. The summed E-state index contributed by atoms with van der Waals surface area (Å²) in [6.45, 7) is 2.08. The molecule has 2 aromatic rings. The van der Waals surface area contributed by atoms with Gasteiger partial charge in [-0.05, 0) is 60.7 Å². The largest absolute Gasteiger partial charge is 0.459 e. The first-order valence-corrected chi connectivity index (χ1v) is 7.49. The SMILES string of the molecule is Cc1c(C2CCC(C=O)CC2)oc2ccc(Br)nc12. The Kier molecular flexibility index (Phi) is 3.44. The second-order valence-electron chi connectivity index (χ2n) is 5.32. The molecule has 1 fully saturated rings. The highest BCUT2D eigenvalue weighted by Crippen LogP contribution is 2.39. The molecule has 2 aromatic heterocycles. The van der Waals surface area contributed by atoms with E-state index in [1.807, 2.05) is 12.1 Å². The number of carbonyl (C=O) groups excluding carboxylic acids is 1. The molecule has 1 saturated carbocycles. The van der Waals surface area contributed by atoms with E-state index < -0.39 is 0 Å². The van der Waals surface area contributed by atoms with Crippen LogP contribution in [0, 0.1) is 12.8 Å². The van der Waals surface area contributed by atoms with Crippen molar-refractivity contribution in [2.24, 2.45) is 5.92 Å². The van der Waals surface area contributed by atoms with Crippen LogP contribution in [-0.2, 0) is 4.79 Å². The van der Waals surface area contributed by atoms with Crippen molar-refractivity contribution in [2.75, 3.05) is 0 Å². The van der Waals surface area contributed by atoms with Crippen molar-refractivity contribution in [1.29, 1.82) is 0 Å². The predicted octanol–water partition coefficient (Wildman–Crippen LogP) is 4.37. The van der Waals surface area contributed by atoms with Crippen LogP contribution in [0.4, 0.5) is 0 Å². The number of pyridine rings is 1. The van der Waals surface area contributed by atoms with Gasteiger partial charge >= 0.3 is 0 Å². The van der Waals surface area contributed by atoms with Gasteiger partial charge in [0.1, 0.15) is 22.2 Å². The Morgan fingerprint density at radius 3 is 2.74 bits per heavy atom. The van der Waals surface area contributed by atoms with Crippen LogP contribution < -0.4 is 0 Å². The van der Waals surface area contributed by atoms with Gasteiger partial charge in [-0.15, -0.1) is 0 Å². The number of carbonyl (C=O) groups is 1. The zero-order valence-corrected chi connectivity index (χ0v) is 12.4. The Hall–Kier alpha value is -1.16. The van der Waals surface area contributed by atoms with Crippen LogP contribution in [0.1, 0.15) is 42.9 Å². The van der Waals surface area contributed by atoms with E-state index in [1.54, 1.807) is 0 Å². The average Bonchev–Trinajstić information content (AvgIpc) is 2.76. The third kappa shape index (κ3) is 2.34. The summed E-state index contributed by atoms with van der Waals surface area (Å²) in [5.74, 6) is 1.74. The minimum Gasteiger partial charge on any atom is -0.459 e. The van der Waals surface area contributed by atoms with Crippen LogP contribution in [0.5, 0.6) is 0 Å². The van der Waals surface area contributed by atoms with E-state index in [-0.39, 0.29) is 5.92 Å². The summed E-state index contributed by atoms with van der Waals surface area (Å²) in [5, 5.41) is 0. The molecule has 3 rings (SSSR count). The molecule has 1 aliphatic carbocycles. The zero-order valence-electron chi connectivity index (χ0n) is 10.9. The van der Waals surface area contributed by atoms with Crippen molar-refractivity contribution < 1.29 is 9.21 Å². The lowest BCUT2D eigenvalue weighted by atomic mass is 9.81. The van der Waals surface area contributed by atoms with Gasteiger partial charge in [0.25, 0.3) is 0 Å². The number of rotatable bonds is 2. The molecule has 0 atom stereocenters. The maximum Gasteiger partial charge on any atom is 0.153 e. The average molecular weight is 322 g/mol. The number of aromatic nitrogens is 1. The van der Waals surface area contributed by atoms with Crippen molar-refractivity contribution in [3.8, 4) is 0 Å². The molecule has 100 valence electrons. The maximum atomic E-state index is 10.8. The van der Waals surface area contributed by atoms with Crippen molar-refractivity contribution in [1.82, 2.24) is 4.98 Å². The summed E-state index contributed by atoms with van der Waals surface area (Å²) < 4.78 is 6.82. The lowest BCUT2D eigenvalue weighted by Gasteiger charge is -2.24. The molecule has 0 amide bonds. The quantitative estimate of drug-likeness (QED) is 0.609. The first-order chi connectivity index (χ1) is 9.19. The summed E-state index contributed by atoms with van der Waals surface area (Å²) >= 11 is 3.40. The van der Waals surface area contributed by atoms with E-state index >= 15 is 0 Å². The third-order valence-corrected chi connectivity index (χ3v) is 4.55. The van der Waals surface area contributed by atoms with E-state index in [0.717, 1.165) is 59.0 Å². The summed E-state index contributed by atoms with van der Waals surface area (Å²) in [6, 6.07) is 3.86. The van der Waals surface area contributed by atoms with Gasteiger partial charge in [-0.1, -0.05) is 0 Å². The van der Waals surface area contributed by atoms with E-state index in [9.17, 15) is 4.79 Å². The number of hydrogen-bond donors (Lipinski definition) is 0. The minimum absolute atomic E-state index is 0.244. The molecule has 0 bridgehead atoms. The fourth-order valence-corrected chi connectivity index (χ4v) is 3.30. The number of nitrogens with zero attached hydrogens (tertiary/aromatic N) is 1. The summed E-state index contributed by atoms with van der Waals surface area (Å²) in [6.07, 6.45) is 5.11. The Balaban J connectivity index is 1.93. The molecule has 2 heterocycles. The van der Waals surface area contributed by atoms with Crippen molar-refractivity contribution in [2.45, 2.75) is 38.5 Å². The molecule has 3 nitrogen and oxygen atoms in total. The summed E-state index contributed by atoms with van der Waals surface area (Å²) in [7, 11) is 0. The Morgan fingerprint density at radius 2 is 2.05 bits per heavy atom. The van der Waals surface area contributed by atoms with Crippen LogP contribution in [0.2, 0.25) is 0 Å². The molecule has 0 aliphatic heterocycles. The van der Waals surface area contributed by atoms with Gasteiger partial charge < -0.3 is 9.21 Å². The highest BCUT2D eigenvalue weighted by Gasteiger charge is 2.26. The maximum absolute atomic E-state index is 10.8. The third-order valence-electron chi connectivity index (χ3n) is 4.10. The lowest BCUT2D eigenvalue weighted by molar-refractivity contribution is -0.112. The number of fused-ring (bicyclic) bond motifs is 1. The monoisotopic (exact) mass is 321 g/mol. The van der Waals surface area contributed by atoms with Gasteiger partial charge in [0.05, 0.1) is 0 Å². The first-order valence-electron chi connectivity index (χ1n) is 6.70. The molecule has 19 heavy (non-hydrogen) atoms. The zero-order chi connectivity index (χ0) is 13.4. The smallest absolute Gasteiger partial charge is 0.153 e. The number of aldehydes is 1. The molecule has 0 saturated heterocycles. The predicted molar refractivity (Wildman–Crippen MR) is 77.2 cm³/mol. The molecule has 1 aliphatic rings. The van der Waals surface area contributed by atoms with Gasteiger partial charge in [0.2, 0.25) is 0 Å². The van der Waals surface area contributed by atoms with Gasteiger partial charge in [-0.25, -0.2) is 4.98 Å². The number of halogens is 1. The highest BCUT2D eigenvalue weighted by atomic mass is 79.9. The molecule has 0 N–H and O–H groups in total. The Morgan fingerprint density at radius 1 is 1.32 bits per heavy atom. The fourth-order valence-electron chi connectivity index (χ4n) is 2.99. The molecule has 0 aromatic carbocycles. The molecule has 4 heteroatoms. The van der Waals surface area contributed by atoms with Crippen LogP contribution in [0.3, 0.4) is 0 Å². The lowest BCUT2D eigenvalue weighted by Crippen LogP contribution is -2.14. The van der Waals surface area contributed by atoms with E-state index in [2.05, 4.69) is 27.8 Å². The van der Waals surface area contributed by atoms with Crippen LogP contribution in [-0.4, -0.2) is 11.3 Å². The molecule has 0 unspecified atom stereocenters. The van der Waals surface area contributed by atoms with Crippen LogP contribution in [0.15, 0.2) is 21.2 Å². The van der Waals surface area contributed by atoms with Crippen molar-refractivity contribution >= 4 is 33.3 Å². The first kappa shape index (κ1) is 12.9. The van der Waals surface area contributed by atoms with Gasteiger partial charge in [0, 0.05) is 17.4 Å². The summed E-state index contributed by atoms with van der Waals surface area (Å²) in [4.78, 5) is 15.3.